The lowest BCUT2D eigenvalue weighted by Crippen LogP contribution is -2.21. The van der Waals surface area contributed by atoms with Gasteiger partial charge >= 0.3 is 5.97 Å². The first-order chi connectivity index (χ1) is 13.2. The monoisotopic (exact) mass is 418 g/mol. The third-order valence-corrected chi connectivity index (χ3v) is 6.26. The number of ether oxygens (including phenoxy) is 2. The second-order valence-corrected chi connectivity index (χ2v) is 9.31. The molecular formula is C21H26N2O3S2. The summed E-state index contributed by atoms with van der Waals surface area (Å²) in [6.07, 6.45) is 2.97. The standard InChI is InChI=1S/C21H26N2O3S2/c1-21(2,3)12-9-10-15(25-4)14(11-12)22-20(27)23-18-17(19(24)26-5)13-7-6-8-16(13)28-18/h9-11H,6-8H2,1-5H3,(H2,22,23,27). The number of esters is 1. The number of carbonyl (C=O) groups is 1. The summed E-state index contributed by atoms with van der Waals surface area (Å²) < 4.78 is 10.5. The molecule has 0 atom stereocenters. The van der Waals surface area contributed by atoms with E-state index in [1.54, 1.807) is 18.4 Å². The number of benzene rings is 1. The van der Waals surface area contributed by atoms with Crippen molar-refractivity contribution < 1.29 is 14.3 Å². The molecule has 1 aromatic heterocycles. The maximum Gasteiger partial charge on any atom is 0.341 e. The summed E-state index contributed by atoms with van der Waals surface area (Å²) in [5.74, 6) is 0.385. The van der Waals surface area contributed by atoms with Gasteiger partial charge in [-0.1, -0.05) is 26.8 Å². The molecule has 2 aromatic rings. The van der Waals surface area contributed by atoms with E-state index in [0.29, 0.717) is 16.4 Å². The number of hydrogen-bond donors (Lipinski definition) is 2. The predicted octanol–water partition coefficient (Wildman–Crippen LogP) is 5.14. The molecule has 0 unspecified atom stereocenters. The lowest BCUT2D eigenvalue weighted by atomic mass is 9.87. The number of nitrogens with one attached hydrogen (secondary N) is 2. The minimum Gasteiger partial charge on any atom is -0.495 e. The second kappa shape index (κ2) is 8.09. The largest absolute Gasteiger partial charge is 0.495 e. The van der Waals surface area contributed by atoms with E-state index in [1.165, 1.54) is 17.6 Å². The maximum absolute atomic E-state index is 12.3. The van der Waals surface area contributed by atoms with Crippen LogP contribution < -0.4 is 15.4 Å². The van der Waals surface area contributed by atoms with Crippen molar-refractivity contribution in [3.05, 3.63) is 39.8 Å². The fourth-order valence-corrected chi connectivity index (χ4v) is 4.90. The molecule has 0 bridgehead atoms. The number of aryl methyl sites for hydroxylation is 1. The first-order valence-corrected chi connectivity index (χ1v) is 10.5. The van der Waals surface area contributed by atoms with Crippen LogP contribution in [0.1, 0.15) is 53.6 Å². The van der Waals surface area contributed by atoms with Gasteiger partial charge in [-0.05, 0) is 60.2 Å². The van der Waals surface area contributed by atoms with Gasteiger partial charge in [0.25, 0.3) is 0 Å². The number of carbonyl (C=O) groups excluding carboxylic acids is 1. The maximum atomic E-state index is 12.3. The molecule has 1 aliphatic rings. The Morgan fingerprint density at radius 1 is 1.18 bits per heavy atom. The SMILES string of the molecule is COC(=O)c1c(NC(=S)Nc2cc(C(C)(C)C)ccc2OC)sc2c1CCC2. The summed E-state index contributed by atoms with van der Waals surface area (Å²) in [7, 11) is 3.04. The zero-order chi connectivity index (χ0) is 20.5. The summed E-state index contributed by atoms with van der Waals surface area (Å²) in [5, 5.41) is 7.56. The highest BCUT2D eigenvalue weighted by Gasteiger charge is 2.27. The Labute approximate surface area is 175 Å². The molecule has 5 nitrogen and oxygen atoms in total. The van der Waals surface area contributed by atoms with Gasteiger partial charge in [0, 0.05) is 4.88 Å². The minimum atomic E-state index is -0.322. The van der Waals surface area contributed by atoms with Crippen molar-refractivity contribution in [3.8, 4) is 5.75 Å². The normalized spacial score (nSPS) is 13.0. The van der Waals surface area contributed by atoms with Crippen molar-refractivity contribution in [1.82, 2.24) is 0 Å². The van der Waals surface area contributed by atoms with Gasteiger partial charge in [-0.3, -0.25) is 0 Å². The molecule has 1 aliphatic carbocycles. The second-order valence-electron chi connectivity index (χ2n) is 7.80. The highest BCUT2D eigenvalue weighted by Crippen LogP contribution is 2.39. The molecule has 1 heterocycles. The van der Waals surface area contributed by atoms with Crippen LogP contribution in [0.15, 0.2) is 18.2 Å². The quantitative estimate of drug-likeness (QED) is 0.530. The van der Waals surface area contributed by atoms with Gasteiger partial charge in [0.05, 0.1) is 25.5 Å². The highest BCUT2D eigenvalue weighted by molar-refractivity contribution is 7.80. The summed E-state index contributed by atoms with van der Waals surface area (Å²) in [6, 6.07) is 6.03. The number of thiophene rings is 1. The molecule has 0 spiro atoms. The Morgan fingerprint density at radius 3 is 2.57 bits per heavy atom. The summed E-state index contributed by atoms with van der Waals surface area (Å²) in [6.45, 7) is 6.47. The highest BCUT2D eigenvalue weighted by atomic mass is 32.1. The summed E-state index contributed by atoms with van der Waals surface area (Å²) in [5.41, 5.74) is 3.67. The van der Waals surface area contributed by atoms with E-state index in [1.807, 2.05) is 12.1 Å². The molecular weight excluding hydrogens is 392 g/mol. The van der Waals surface area contributed by atoms with Crippen LogP contribution in [0.5, 0.6) is 5.75 Å². The average molecular weight is 419 g/mol. The van der Waals surface area contributed by atoms with E-state index >= 15 is 0 Å². The first-order valence-electron chi connectivity index (χ1n) is 9.24. The van der Waals surface area contributed by atoms with E-state index in [0.717, 1.165) is 35.5 Å². The van der Waals surface area contributed by atoms with Crippen LogP contribution in [-0.2, 0) is 23.0 Å². The van der Waals surface area contributed by atoms with Crippen molar-refractivity contribution in [2.45, 2.75) is 45.4 Å². The van der Waals surface area contributed by atoms with Crippen molar-refractivity contribution in [1.29, 1.82) is 0 Å². The molecule has 150 valence electrons. The number of thiocarbonyl (C=S) groups is 1. The third-order valence-electron chi connectivity index (χ3n) is 4.85. The predicted molar refractivity (Wildman–Crippen MR) is 119 cm³/mol. The lowest BCUT2D eigenvalue weighted by Gasteiger charge is -2.22. The van der Waals surface area contributed by atoms with Gasteiger partial charge in [-0.25, -0.2) is 4.79 Å². The molecule has 0 fully saturated rings. The molecule has 1 aromatic carbocycles. The molecule has 0 saturated heterocycles. The Bertz CT molecular complexity index is 913. The number of anilines is 2. The van der Waals surface area contributed by atoms with E-state index < -0.39 is 0 Å². The molecule has 2 N–H and O–H groups in total. The Balaban J connectivity index is 1.85. The van der Waals surface area contributed by atoms with Gasteiger partial charge < -0.3 is 20.1 Å². The topological polar surface area (TPSA) is 59.6 Å². The van der Waals surface area contributed by atoms with E-state index in [2.05, 4.69) is 37.5 Å². The summed E-state index contributed by atoms with van der Waals surface area (Å²) in [4.78, 5) is 13.5. The fraction of sp³-hybridized carbons (Fsp3) is 0.429. The Hall–Kier alpha value is -2.12. The zero-order valence-corrected chi connectivity index (χ0v) is 18.5. The minimum absolute atomic E-state index is 0.00432. The van der Waals surface area contributed by atoms with Crippen LogP contribution in [0.25, 0.3) is 0 Å². The van der Waals surface area contributed by atoms with Crippen LogP contribution >= 0.6 is 23.6 Å². The van der Waals surface area contributed by atoms with E-state index in [-0.39, 0.29) is 11.4 Å². The van der Waals surface area contributed by atoms with Crippen LogP contribution in [0.4, 0.5) is 10.7 Å². The third kappa shape index (κ3) is 4.15. The van der Waals surface area contributed by atoms with Gasteiger partial charge in [-0.15, -0.1) is 11.3 Å². The van der Waals surface area contributed by atoms with Crippen LogP contribution in [0.3, 0.4) is 0 Å². The Kier molecular flexibility index (Phi) is 5.95. The van der Waals surface area contributed by atoms with Crippen LogP contribution in [0.2, 0.25) is 0 Å². The number of hydrogen-bond acceptors (Lipinski definition) is 5. The van der Waals surface area contributed by atoms with E-state index in [9.17, 15) is 4.79 Å². The van der Waals surface area contributed by atoms with Crippen molar-refractivity contribution in [2.24, 2.45) is 0 Å². The van der Waals surface area contributed by atoms with Gasteiger partial charge in [0.2, 0.25) is 0 Å². The fourth-order valence-electron chi connectivity index (χ4n) is 3.34. The zero-order valence-electron chi connectivity index (χ0n) is 16.9. The van der Waals surface area contributed by atoms with Crippen molar-refractivity contribution >= 4 is 45.3 Å². The number of fused-ring (bicyclic) bond motifs is 1. The van der Waals surface area contributed by atoms with Gasteiger partial charge in [0.15, 0.2) is 5.11 Å². The molecule has 0 amide bonds. The molecule has 7 heteroatoms. The first kappa shape index (κ1) is 20.6. The number of rotatable bonds is 4. The average Bonchev–Trinajstić information content (AvgIpc) is 3.20. The van der Waals surface area contributed by atoms with Crippen LogP contribution in [-0.4, -0.2) is 25.3 Å². The van der Waals surface area contributed by atoms with Gasteiger partial charge in [0.1, 0.15) is 10.8 Å². The van der Waals surface area contributed by atoms with Crippen molar-refractivity contribution in [3.63, 3.8) is 0 Å². The molecule has 0 radical (unpaired) electrons. The van der Waals surface area contributed by atoms with Gasteiger partial charge in [-0.2, -0.15) is 0 Å². The van der Waals surface area contributed by atoms with Crippen molar-refractivity contribution in [2.75, 3.05) is 24.9 Å². The molecule has 28 heavy (non-hydrogen) atoms. The smallest absolute Gasteiger partial charge is 0.341 e. The lowest BCUT2D eigenvalue weighted by molar-refractivity contribution is 0.0601. The molecule has 3 rings (SSSR count). The van der Waals surface area contributed by atoms with E-state index in [4.69, 9.17) is 21.7 Å². The summed E-state index contributed by atoms with van der Waals surface area (Å²) >= 11 is 7.11. The number of methoxy groups -OCH3 is 2. The molecule has 0 saturated carbocycles. The Morgan fingerprint density at radius 2 is 1.93 bits per heavy atom. The van der Waals surface area contributed by atoms with Crippen LogP contribution in [0, 0.1) is 0 Å². The molecule has 0 aliphatic heterocycles.